The van der Waals surface area contributed by atoms with Crippen molar-refractivity contribution >= 4 is 11.3 Å². The van der Waals surface area contributed by atoms with E-state index >= 15 is 0 Å². The third-order valence-corrected chi connectivity index (χ3v) is 3.87. The molecule has 4 rings (SSSR count). The van der Waals surface area contributed by atoms with Crippen molar-refractivity contribution < 1.29 is 4.52 Å². The topological polar surface area (TPSA) is 80.5 Å². The van der Waals surface area contributed by atoms with Crippen LogP contribution >= 0.6 is 11.3 Å². The fourth-order valence-electron chi connectivity index (χ4n) is 2.00. The van der Waals surface area contributed by atoms with Gasteiger partial charge in [-0.3, -0.25) is 10.1 Å². The highest BCUT2D eigenvalue weighted by Gasteiger charge is 2.17. The van der Waals surface area contributed by atoms with Crippen LogP contribution in [-0.4, -0.2) is 25.3 Å². The lowest BCUT2D eigenvalue weighted by molar-refractivity contribution is 0.432. The molecule has 0 aliphatic heterocycles. The molecule has 1 N–H and O–H groups in total. The molecular formula is C14H9N5OS. The summed E-state index contributed by atoms with van der Waals surface area (Å²) in [5.41, 5.74) is 2.49. The molecule has 0 radical (unpaired) electrons. The first kappa shape index (κ1) is 12.0. The van der Waals surface area contributed by atoms with Crippen LogP contribution in [0.4, 0.5) is 0 Å². The Balaban J connectivity index is 1.76. The number of hydrogen-bond acceptors (Lipinski definition) is 6. The first-order chi connectivity index (χ1) is 10.4. The molecule has 0 saturated carbocycles. The lowest BCUT2D eigenvalue weighted by atomic mass is 10.2. The third kappa shape index (κ3) is 2.13. The van der Waals surface area contributed by atoms with Gasteiger partial charge in [-0.25, -0.2) is 0 Å². The summed E-state index contributed by atoms with van der Waals surface area (Å²) in [6.45, 7) is 0. The van der Waals surface area contributed by atoms with Crippen LogP contribution in [-0.2, 0) is 0 Å². The summed E-state index contributed by atoms with van der Waals surface area (Å²) in [5, 5.41) is 13.1. The number of H-pyrrole nitrogens is 1. The van der Waals surface area contributed by atoms with Gasteiger partial charge < -0.3 is 4.52 Å². The number of thiophene rings is 1. The minimum atomic E-state index is 0.436. The molecule has 4 aromatic heterocycles. The molecule has 0 saturated heterocycles. The lowest BCUT2D eigenvalue weighted by Gasteiger charge is -1.94. The second kappa shape index (κ2) is 4.95. The van der Waals surface area contributed by atoms with Gasteiger partial charge in [0.15, 0.2) is 0 Å². The summed E-state index contributed by atoms with van der Waals surface area (Å²) in [7, 11) is 0. The molecule has 4 aromatic rings. The maximum absolute atomic E-state index is 5.36. The lowest BCUT2D eigenvalue weighted by Crippen LogP contribution is -1.82. The Morgan fingerprint density at radius 2 is 2.14 bits per heavy atom. The van der Waals surface area contributed by atoms with E-state index in [4.69, 9.17) is 4.52 Å². The predicted octanol–water partition coefficient (Wildman–Crippen LogP) is 3.25. The van der Waals surface area contributed by atoms with Crippen LogP contribution in [0.1, 0.15) is 0 Å². The molecule has 0 aliphatic rings. The molecule has 102 valence electrons. The van der Waals surface area contributed by atoms with Gasteiger partial charge in [0.05, 0.1) is 22.3 Å². The maximum Gasteiger partial charge on any atom is 0.262 e. The third-order valence-electron chi connectivity index (χ3n) is 2.98. The average Bonchev–Trinajstić information content (AvgIpc) is 3.27. The Morgan fingerprint density at radius 3 is 2.95 bits per heavy atom. The Hall–Kier alpha value is -2.80. The van der Waals surface area contributed by atoms with Gasteiger partial charge in [0, 0.05) is 18.0 Å². The highest BCUT2D eigenvalue weighted by Crippen LogP contribution is 2.32. The van der Waals surface area contributed by atoms with E-state index in [0.29, 0.717) is 11.7 Å². The highest BCUT2D eigenvalue weighted by molar-refractivity contribution is 7.13. The van der Waals surface area contributed by atoms with Crippen molar-refractivity contribution in [3.8, 4) is 33.4 Å². The Morgan fingerprint density at radius 1 is 1.14 bits per heavy atom. The van der Waals surface area contributed by atoms with Crippen molar-refractivity contribution in [1.29, 1.82) is 0 Å². The van der Waals surface area contributed by atoms with E-state index in [1.807, 2.05) is 29.6 Å². The standard InChI is InChI=1S/C14H9N5OS/c1-3-9(7-15-5-1)13-17-14(20-19-13)10-8-16-18-12(10)11-4-2-6-21-11/h1-8H,(H,16,18). The van der Waals surface area contributed by atoms with E-state index in [2.05, 4.69) is 25.3 Å². The SMILES string of the molecule is c1cncc(-c2noc(-c3cn[nH]c3-c3cccs3)n2)c1. The minimum Gasteiger partial charge on any atom is -0.333 e. The van der Waals surface area contributed by atoms with Crippen LogP contribution in [0, 0.1) is 0 Å². The second-order valence-electron chi connectivity index (χ2n) is 4.30. The Bertz CT molecular complexity index is 851. The molecule has 0 amide bonds. The van der Waals surface area contributed by atoms with E-state index < -0.39 is 0 Å². The Labute approximate surface area is 123 Å². The Kier molecular flexibility index (Phi) is 2.82. The van der Waals surface area contributed by atoms with Gasteiger partial charge in [-0.1, -0.05) is 11.2 Å². The monoisotopic (exact) mass is 295 g/mol. The van der Waals surface area contributed by atoms with E-state index in [0.717, 1.165) is 21.7 Å². The van der Waals surface area contributed by atoms with Crippen molar-refractivity contribution in [2.75, 3.05) is 0 Å². The van der Waals surface area contributed by atoms with Gasteiger partial charge in [-0.05, 0) is 23.6 Å². The zero-order chi connectivity index (χ0) is 14.1. The number of aromatic amines is 1. The van der Waals surface area contributed by atoms with Crippen LogP contribution in [0.5, 0.6) is 0 Å². The summed E-state index contributed by atoms with van der Waals surface area (Å²) in [5.74, 6) is 0.947. The van der Waals surface area contributed by atoms with Crippen LogP contribution in [0.25, 0.3) is 33.4 Å². The maximum atomic E-state index is 5.36. The molecule has 4 heterocycles. The molecule has 0 bridgehead atoms. The van der Waals surface area contributed by atoms with E-state index in [1.54, 1.807) is 29.9 Å². The summed E-state index contributed by atoms with van der Waals surface area (Å²) in [6, 6.07) is 7.72. The first-order valence-corrected chi connectivity index (χ1v) is 7.11. The number of nitrogens with zero attached hydrogens (tertiary/aromatic N) is 4. The molecule has 6 nitrogen and oxygen atoms in total. The number of nitrogens with one attached hydrogen (secondary N) is 1. The molecule has 0 aliphatic carbocycles. The van der Waals surface area contributed by atoms with Gasteiger partial charge in [0.1, 0.15) is 0 Å². The smallest absolute Gasteiger partial charge is 0.262 e. The first-order valence-electron chi connectivity index (χ1n) is 6.23. The van der Waals surface area contributed by atoms with E-state index in [-0.39, 0.29) is 0 Å². The average molecular weight is 295 g/mol. The van der Waals surface area contributed by atoms with Gasteiger partial charge in [-0.15, -0.1) is 11.3 Å². The normalized spacial score (nSPS) is 10.9. The molecule has 0 spiro atoms. The van der Waals surface area contributed by atoms with Crippen LogP contribution in [0.2, 0.25) is 0 Å². The van der Waals surface area contributed by atoms with Crippen molar-refractivity contribution in [3.63, 3.8) is 0 Å². The predicted molar refractivity (Wildman–Crippen MR) is 78.4 cm³/mol. The van der Waals surface area contributed by atoms with E-state index in [9.17, 15) is 0 Å². The van der Waals surface area contributed by atoms with Crippen molar-refractivity contribution in [2.45, 2.75) is 0 Å². The number of aromatic nitrogens is 5. The number of hydrogen-bond donors (Lipinski definition) is 1. The fourth-order valence-corrected chi connectivity index (χ4v) is 2.74. The van der Waals surface area contributed by atoms with Crippen LogP contribution in [0.3, 0.4) is 0 Å². The summed E-state index contributed by atoms with van der Waals surface area (Å²) in [4.78, 5) is 9.55. The summed E-state index contributed by atoms with van der Waals surface area (Å²) >= 11 is 1.62. The molecule has 0 fully saturated rings. The second-order valence-corrected chi connectivity index (χ2v) is 5.25. The van der Waals surface area contributed by atoms with Crippen LogP contribution in [0.15, 0.2) is 52.8 Å². The van der Waals surface area contributed by atoms with E-state index in [1.165, 1.54) is 0 Å². The molecule has 7 heteroatoms. The molecule has 0 aromatic carbocycles. The van der Waals surface area contributed by atoms with Gasteiger partial charge in [-0.2, -0.15) is 10.1 Å². The molecular weight excluding hydrogens is 286 g/mol. The highest BCUT2D eigenvalue weighted by atomic mass is 32.1. The van der Waals surface area contributed by atoms with Gasteiger partial charge in [0.2, 0.25) is 5.82 Å². The zero-order valence-electron chi connectivity index (χ0n) is 10.7. The summed E-state index contributed by atoms with van der Waals surface area (Å²) in [6.07, 6.45) is 5.09. The molecule has 21 heavy (non-hydrogen) atoms. The van der Waals surface area contributed by atoms with Crippen molar-refractivity contribution in [2.24, 2.45) is 0 Å². The number of pyridine rings is 1. The zero-order valence-corrected chi connectivity index (χ0v) is 11.5. The number of rotatable bonds is 3. The molecule has 0 unspecified atom stereocenters. The molecule has 0 atom stereocenters. The summed E-state index contributed by atoms with van der Waals surface area (Å²) < 4.78 is 5.36. The van der Waals surface area contributed by atoms with Crippen molar-refractivity contribution in [3.05, 3.63) is 48.2 Å². The van der Waals surface area contributed by atoms with Gasteiger partial charge >= 0.3 is 0 Å². The minimum absolute atomic E-state index is 0.436. The fraction of sp³-hybridized carbons (Fsp3) is 0. The van der Waals surface area contributed by atoms with Crippen molar-refractivity contribution in [1.82, 2.24) is 25.3 Å². The van der Waals surface area contributed by atoms with Gasteiger partial charge in [0.25, 0.3) is 5.89 Å². The quantitative estimate of drug-likeness (QED) is 0.627. The van der Waals surface area contributed by atoms with Crippen LogP contribution < -0.4 is 0 Å². The largest absolute Gasteiger partial charge is 0.333 e.